The van der Waals surface area contributed by atoms with Gasteiger partial charge in [0.05, 0.1) is 11.0 Å². The van der Waals surface area contributed by atoms with Gasteiger partial charge in [0.25, 0.3) is 5.69 Å². The number of nitrogens with zero attached hydrogens (tertiary/aromatic N) is 1. The molecule has 0 heterocycles. The van der Waals surface area contributed by atoms with Crippen LogP contribution in [0.5, 0.6) is 0 Å². The van der Waals surface area contributed by atoms with Crippen LogP contribution in [0.4, 0.5) is 21.5 Å². The van der Waals surface area contributed by atoms with Crippen LogP contribution in [0.15, 0.2) is 36.4 Å². The van der Waals surface area contributed by atoms with E-state index in [-0.39, 0.29) is 10.8 Å². The molecule has 0 aliphatic rings. The summed E-state index contributed by atoms with van der Waals surface area (Å²) in [4.78, 5) is 10.2. The Bertz CT molecular complexity index is 755. The maximum atomic E-state index is 13.1. The molecule has 0 radical (unpaired) electrons. The maximum Gasteiger partial charge on any atom is 0.295 e. The van der Waals surface area contributed by atoms with E-state index in [0.717, 1.165) is 17.7 Å². The smallest absolute Gasteiger partial charge is 0.295 e. The Morgan fingerprint density at radius 2 is 2.00 bits per heavy atom. The molecule has 5 nitrogen and oxygen atoms in total. The van der Waals surface area contributed by atoms with Crippen molar-refractivity contribution in [1.82, 2.24) is 0 Å². The minimum Gasteiger partial charge on any atom is -0.332 e. The van der Waals surface area contributed by atoms with Gasteiger partial charge in [-0.15, -0.1) is 0 Å². The zero-order valence-corrected chi connectivity index (χ0v) is 13.0. The van der Waals surface area contributed by atoms with Crippen LogP contribution in [0.2, 0.25) is 5.02 Å². The van der Waals surface area contributed by atoms with Crippen molar-refractivity contribution in [2.75, 3.05) is 10.6 Å². The van der Waals surface area contributed by atoms with Crippen LogP contribution in [0.1, 0.15) is 5.56 Å². The first kappa shape index (κ1) is 16.1. The van der Waals surface area contributed by atoms with Crippen LogP contribution in [-0.2, 0) is 0 Å². The topological polar surface area (TPSA) is 67.2 Å². The number of nitro benzene ring substituents is 1. The predicted molar refractivity (Wildman–Crippen MR) is 89.1 cm³/mol. The quantitative estimate of drug-likeness (QED) is 0.489. The first-order valence-corrected chi connectivity index (χ1v) is 6.93. The molecule has 0 bridgehead atoms. The van der Waals surface area contributed by atoms with E-state index >= 15 is 0 Å². The molecule has 114 valence electrons. The number of anilines is 2. The molecule has 0 aliphatic heterocycles. The summed E-state index contributed by atoms with van der Waals surface area (Å²) in [6.45, 7) is 1.87. The molecule has 0 aliphatic carbocycles. The van der Waals surface area contributed by atoms with Gasteiger partial charge in [0, 0.05) is 10.7 Å². The molecule has 2 aromatic carbocycles. The van der Waals surface area contributed by atoms with Crippen molar-refractivity contribution in [1.29, 1.82) is 0 Å². The molecular formula is C14H11ClFN3O2S. The summed E-state index contributed by atoms with van der Waals surface area (Å²) in [6, 6.07) is 8.46. The van der Waals surface area contributed by atoms with Crippen LogP contribution < -0.4 is 10.6 Å². The maximum absolute atomic E-state index is 13.1. The third-order valence-corrected chi connectivity index (χ3v) is 3.45. The van der Waals surface area contributed by atoms with Crippen LogP contribution in [0, 0.1) is 22.9 Å². The minimum atomic E-state index is -0.693. The normalized spacial score (nSPS) is 10.1. The highest BCUT2D eigenvalue weighted by Crippen LogP contribution is 2.25. The fraction of sp³-hybridized carbons (Fsp3) is 0.0714. The summed E-state index contributed by atoms with van der Waals surface area (Å²) in [5.74, 6) is -0.693. The Hall–Kier alpha value is -2.25. The molecule has 0 amide bonds. The molecule has 0 unspecified atom stereocenters. The molecule has 8 heteroatoms. The fourth-order valence-electron chi connectivity index (χ4n) is 1.72. The molecule has 2 aromatic rings. The van der Waals surface area contributed by atoms with Gasteiger partial charge in [-0.25, -0.2) is 4.39 Å². The summed E-state index contributed by atoms with van der Waals surface area (Å²) in [7, 11) is 0. The van der Waals surface area contributed by atoms with E-state index in [4.69, 9.17) is 23.8 Å². The largest absolute Gasteiger partial charge is 0.332 e. The predicted octanol–water partition coefficient (Wildman–Crippen LogP) is 4.50. The number of nitro groups is 1. The molecule has 2 N–H and O–H groups in total. The van der Waals surface area contributed by atoms with Crippen LogP contribution >= 0.6 is 23.8 Å². The third-order valence-electron chi connectivity index (χ3n) is 2.83. The summed E-state index contributed by atoms with van der Waals surface area (Å²) < 4.78 is 13.1. The highest BCUT2D eigenvalue weighted by Gasteiger charge is 2.15. The van der Waals surface area contributed by atoms with E-state index < -0.39 is 16.4 Å². The Morgan fingerprint density at radius 1 is 1.27 bits per heavy atom. The summed E-state index contributed by atoms with van der Waals surface area (Å²) in [5, 5.41) is 17.1. The number of thiocarbonyl (C=S) groups is 1. The van der Waals surface area contributed by atoms with Crippen molar-refractivity contribution in [2.45, 2.75) is 6.92 Å². The first-order chi connectivity index (χ1) is 10.4. The van der Waals surface area contributed by atoms with E-state index in [1.165, 1.54) is 6.07 Å². The van der Waals surface area contributed by atoms with Crippen molar-refractivity contribution in [3.8, 4) is 0 Å². The number of aryl methyl sites for hydroxylation is 1. The molecule has 22 heavy (non-hydrogen) atoms. The van der Waals surface area contributed by atoms with Gasteiger partial charge in [0.2, 0.25) is 0 Å². The average molecular weight is 340 g/mol. The van der Waals surface area contributed by atoms with Crippen molar-refractivity contribution in [3.63, 3.8) is 0 Å². The summed E-state index contributed by atoms with van der Waals surface area (Å²) >= 11 is 11.1. The summed E-state index contributed by atoms with van der Waals surface area (Å²) in [5.41, 5.74) is 1.26. The molecule has 2 rings (SSSR count). The highest BCUT2D eigenvalue weighted by molar-refractivity contribution is 7.80. The molecule has 0 saturated heterocycles. The monoisotopic (exact) mass is 339 g/mol. The van der Waals surface area contributed by atoms with Gasteiger partial charge in [-0.1, -0.05) is 17.7 Å². The van der Waals surface area contributed by atoms with Crippen LogP contribution in [0.3, 0.4) is 0 Å². The SMILES string of the molecule is Cc1ccc(NC(=S)Nc2ccc(F)cc2[N+](=O)[O-])cc1Cl. The Kier molecular flexibility index (Phi) is 4.89. The van der Waals surface area contributed by atoms with Crippen molar-refractivity contribution in [2.24, 2.45) is 0 Å². The van der Waals surface area contributed by atoms with Gasteiger partial charge >= 0.3 is 0 Å². The van der Waals surface area contributed by atoms with E-state index in [1.807, 2.05) is 13.0 Å². The molecule has 0 aromatic heterocycles. The zero-order valence-electron chi connectivity index (χ0n) is 11.4. The fourth-order valence-corrected chi connectivity index (χ4v) is 2.13. The Morgan fingerprint density at radius 3 is 2.64 bits per heavy atom. The molecule has 0 atom stereocenters. The number of nitrogens with one attached hydrogen (secondary N) is 2. The minimum absolute atomic E-state index is 0.0992. The van der Waals surface area contributed by atoms with Crippen molar-refractivity contribution < 1.29 is 9.31 Å². The lowest BCUT2D eigenvalue weighted by atomic mass is 10.2. The van der Waals surface area contributed by atoms with E-state index in [9.17, 15) is 14.5 Å². The van der Waals surface area contributed by atoms with Crippen molar-refractivity contribution >= 4 is 46.0 Å². The second kappa shape index (κ2) is 6.67. The number of benzene rings is 2. The number of halogens is 2. The molecule has 0 saturated carbocycles. The number of rotatable bonds is 3. The van der Waals surface area contributed by atoms with E-state index in [1.54, 1.807) is 12.1 Å². The third kappa shape index (κ3) is 3.90. The first-order valence-electron chi connectivity index (χ1n) is 6.15. The molecule has 0 fully saturated rings. The van der Waals surface area contributed by atoms with Crippen LogP contribution in [-0.4, -0.2) is 10.0 Å². The lowest BCUT2D eigenvalue weighted by molar-refractivity contribution is -0.384. The summed E-state index contributed by atoms with van der Waals surface area (Å²) in [6.07, 6.45) is 0. The molecular weight excluding hydrogens is 329 g/mol. The Balaban J connectivity index is 2.15. The average Bonchev–Trinajstić information content (AvgIpc) is 2.44. The van der Waals surface area contributed by atoms with Gasteiger partial charge in [0.1, 0.15) is 11.5 Å². The Labute approximate surface area is 136 Å². The molecule has 0 spiro atoms. The number of hydrogen-bond donors (Lipinski definition) is 2. The standard InChI is InChI=1S/C14H11ClFN3O2S/c1-8-2-4-10(7-11(8)15)17-14(22)18-12-5-3-9(16)6-13(12)19(20)21/h2-7H,1H3,(H2,17,18,22). The lowest BCUT2D eigenvalue weighted by Gasteiger charge is -2.11. The van der Waals surface area contributed by atoms with Gasteiger partial charge in [0.15, 0.2) is 5.11 Å². The van der Waals surface area contributed by atoms with E-state index in [2.05, 4.69) is 10.6 Å². The second-order valence-electron chi connectivity index (χ2n) is 4.46. The van der Waals surface area contributed by atoms with E-state index in [0.29, 0.717) is 10.7 Å². The highest BCUT2D eigenvalue weighted by atomic mass is 35.5. The number of hydrogen-bond acceptors (Lipinski definition) is 3. The van der Waals surface area contributed by atoms with Crippen LogP contribution in [0.25, 0.3) is 0 Å². The van der Waals surface area contributed by atoms with Gasteiger partial charge < -0.3 is 10.6 Å². The van der Waals surface area contributed by atoms with Gasteiger partial charge in [-0.2, -0.15) is 0 Å². The van der Waals surface area contributed by atoms with Gasteiger partial charge in [-0.3, -0.25) is 10.1 Å². The zero-order chi connectivity index (χ0) is 16.3. The second-order valence-corrected chi connectivity index (χ2v) is 5.28. The van der Waals surface area contributed by atoms with Crippen molar-refractivity contribution in [3.05, 3.63) is 62.9 Å². The lowest BCUT2D eigenvalue weighted by Crippen LogP contribution is -2.19. The van der Waals surface area contributed by atoms with Gasteiger partial charge in [-0.05, 0) is 49.0 Å².